The normalized spacial score (nSPS) is 11.5. The van der Waals surface area contributed by atoms with Gasteiger partial charge in [0.1, 0.15) is 0 Å². The molecule has 2 aromatic heterocycles. The Kier molecular flexibility index (Phi) is 4.04. The van der Waals surface area contributed by atoms with Crippen LogP contribution in [0.5, 0.6) is 0 Å². The van der Waals surface area contributed by atoms with Crippen LogP contribution in [0.15, 0.2) is 58.9 Å². The van der Waals surface area contributed by atoms with Gasteiger partial charge in [-0.05, 0) is 24.3 Å². The first-order chi connectivity index (χ1) is 10.5. The largest absolute Gasteiger partial charge is 0.261 e. The molecule has 0 aliphatic heterocycles. The van der Waals surface area contributed by atoms with Crippen LogP contribution in [0.25, 0.3) is 11.3 Å². The molecule has 0 fully saturated rings. The average Bonchev–Trinajstić information content (AvgIpc) is 2.96. The number of hydrogen-bond donors (Lipinski definition) is 0. The van der Waals surface area contributed by atoms with Crippen molar-refractivity contribution in [3.8, 4) is 11.3 Å². The van der Waals surface area contributed by atoms with E-state index in [0.717, 1.165) is 22.0 Å². The minimum Gasteiger partial charge on any atom is -0.261 e. The highest BCUT2D eigenvalue weighted by atomic mass is 32.2. The molecule has 0 aliphatic rings. The van der Waals surface area contributed by atoms with E-state index < -0.39 is 9.84 Å². The minimum absolute atomic E-state index is 0.320. The SMILES string of the molecule is CS(=O)(=O)c1ccc(-c2csc(Cc3ccccn3)n2)cc1. The van der Waals surface area contributed by atoms with Crippen LogP contribution in [0.1, 0.15) is 10.7 Å². The first-order valence-electron chi connectivity index (χ1n) is 6.67. The van der Waals surface area contributed by atoms with Gasteiger partial charge in [0.2, 0.25) is 0 Å². The maximum Gasteiger partial charge on any atom is 0.175 e. The van der Waals surface area contributed by atoms with E-state index in [1.54, 1.807) is 41.8 Å². The zero-order valence-electron chi connectivity index (χ0n) is 11.9. The fourth-order valence-corrected chi connectivity index (χ4v) is 3.50. The van der Waals surface area contributed by atoms with Gasteiger partial charge in [0.25, 0.3) is 0 Å². The van der Waals surface area contributed by atoms with Crippen molar-refractivity contribution in [2.24, 2.45) is 0 Å². The molecule has 0 aliphatic carbocycles. The van der Waals surface area contributed by atoms with Crippen molar-refractivity contribution in [1.29, 1.82) is 0 Å². The topological polar surface area (TPSA) is 59.9 Å². The number of rotatable bonds is 4. The molecule has 0 unspecified atom stereocenters. The van der Waals surface area contributed by atoms with Gasteiger partial charge in [-0.15, -0.1) is 11.3 Å². The zero-order valence-corrected chi connectivity index (χ0v) is 13.6. The van der Waals surface area contributed by atoms with Crippen LogP contribution in [0, 0.1) is 0 Å². The highest BCUT2D eigenvalue weighted by molar-refractivity contribution is 7.90. The van der Waals surface area contributed by atoms with Crippen molar-refractivity contribution in [2.75, 3.05) is 6.26 Å². The van der Waals surface area contributed by atoms with E-state index in [-0.39, 0.29) is 0 Å². The standard InChI is InChI=1S/C16H14N2O2S2/c1-22(19,20)14-7-5-12(6-8-14)15-11-21-16(18-15)10-13-4-2-3-9-17-13/h2-9,11H,10H2,1H3. The van der Waals surface area contributed by atoms with Gasteiger partial charge in [-0.25, -0.2) is 13.4 Å². The summed E-state index contributed by atoms with van der Waals surface area (Å²) in [7, 11) is -3.16. The van der Waals surface area contributed by atoms with Crippen molar-refractivity contribution in [3.05, 3.63) is 64.7 Å². The molecule has 0 radical (unpaired) electrons. The Morgan fingerprint density at radius 2 is 1.86 bits per heavy atom. The lowest BCUT2D eigenvalue weighted by Crippen LogP contribution is -1.96. The molecule has 4 nitrogen and oxygen atoms in total. The Hall–Kier alpha value is -2.05. The molecule has 0 amide bonds. The summed E-state index contributed by atoms with van der Waals surface area (Å²) >= 11 is 1.58. The molecule has 0 N–H and O–H groups in total. The van der Waals surface area contributed by atoms with E-state index in [1.165, 1.54) is 6.26 Å². The number of sulfone groups is 1. The molecule has 2 heterocycles. The van der Waals surface area contributed by atoms with E-state index in [0.29, 0.717) is 11.3 Å². The molecule has 1 aromatic carbocycles. The van der Waals surface area contributed by atoms with Gasteiger partial charge in [-0.1, -0.05) is 18.2 Å². The fraction of sp³-hybridized carbons (Fsp3) is 0.125. The average molecular weight is 330 g/mol. The lowest BCUT2D eigenvalue weighted by molar-refractivity contribution is 0.602. The van der Waals surface area contributed by atoms with Crippen LogP contribution in [0.3, 0.4) is 0 Å². The van der Waals surface area contributed by atoms with Gasteiger partial charge < -0.3 is 0 Å². The molecule has 0 atom stereocenters. The summed E-state index contributed by atoms with van der Waals surface area (Å²) in [6.45, 7) is 0. The highest BCUT2D eigenvalue weighted by Gasteiger charge is 2.09. The molecule has 0 saturated carbocycles. The maximum atomic E-state index is 11.5. The van der Waals surface area contributed by atoms with Gasteiger partial charge in [0, 0.05) is 35.5 Å². The van der Waals surface area contributed by atoms with Crippen molar-refractivity contribution in [2.45, 2.75) is 11.3 Å². The van der Waals surface area contributed by atoms with E-state index in [9.17, 15) is 8.42 Å². The zero-order chi connectivity index (χ0) is 15.6. The minimum atomic E-state index is -3.16. The van der Waals surface area contributed by atoms with Crippen LogP contribution < -0.4 is 0 Å². The summed E-state index contributed by atoms with van der Waals surface area (Å²) in [6, 6.07) is 12.6. The lowest BCUT2D eigenvalue weighted by Gasteiger charge is -2.00. The van der Waals surface area contributed by atoms with Crippen LogP contribution in [-0.2, 0) is 16.3 Å². The number of nitrogens with zero attached hydrogens (tertiary/aromatic N) is 2. The second kappa shape index (κ2) is 5.98. The fourth-order valence-electron chi connectivity index (χ4n) is 2.06. The molecule has 3 aromatic rings. The number of aromatic nitrogens is 2. The van der Waals surface area contributed by atoms with Crippen LogP contribution in [-0.4, -0.2) is 24.6 Å². The molecule has 0 bridgehead atoms. The molecular formula is C16H14N2O2S2. The Morgan fingerprint density at radius 1 is 1.09 bits per heavy atom. The third kappa shape index (κ3) is 3.40. The van der Waals surface area contributed by atoms with Crippen molar-refractivity contribution in [3.63, 3.8) is 0 Å². The van der Waals surface area contributed by atoms with E-state index in [1.807, 2.05) is 23.6 Å². The van der Waals surface area contributed by atoms with Crippen LogP contribution in [0.4, 0.5) is 0 Å². The quantitative estimate of drug-likeness (QED) is 0.737. The number of pyridine rings is 1. The monoisotopic (exact) mass is 330 g/mol. The van der Waals surface area contributed by atoms with Gasteiger partial charge in [-0.3, -0.25) is 4.98 Å². The van der Waals surface area contributed by atoms with Gasteiger partial charge in [0.05, 0.1) is 15.6 Å². The third-order valence-electron chi connectivity index (χ3n) is 3.19. The molecule has 6 heteroatoms. The number of thiazole rings is 1. The summed E-state index contributed by atoms with van der Waals surface area (Å²) in [5.74, 6) is 0. The summed E-state index contributed by atoms with van der Waals surface area (Å²) in [4.78, 5) is 9.21. The summed E-state index contributed by atoms with van der Waals surface area (Å²) in [5, 5.41) is 2.97. The maximum absolute atomic E-state index is 11.5. The summed E-state index contributed by atoms with van der Waals surface area (Å²) in [6.07, 6.45) is 3.68. The smallest absolute Gasteiger partial charge is 0.175 e. The van der Waals surface area contributed by atoms with E-state index >= 15 is 0 Å². The second-order valence-corrected chi connectivity index (χ2v) is 7.88. The highest BCUT2D eigenvalue weighted by Crippen LogP contribution is 2.24. The molecule has 0 spiro atoms. The predicted octanol–water partition coefficient (Wildman–Crippen LogP) is 3.20. The molecule has 0 saturated heterocycles. The van der Waals surface area contributed by atoms with Crippen LogP contribution in [0.2, 0.25) is 0 Å². The Bertz CT molecular complexity index is 870. The predicted molar refractivity (Wildman–Crippen MR) is 87.7 cm³/mol. The van der Waals surface area contributed by atoms with E-state index in [2.05, 4.69) is 9.97 Å². The van der Waals surface area contributed by atoms with Crippen LogP contribution >= 0.6 is 11.3 Å². The molecule has 22 heavy (non-hydrogen) atoms. The van der Waals surface area contributed by atoms with Gasteiger partial charge in [0.15, 0.2) is 9.84 Å². The second-order valence-electron chi connectivity index (χ2n) is 4.92. The van der Waals surface area contributed by atoms with Gasteiger partial charge >= 0.3 is 0 Å². The van der Waals surface area contributed by atoms with E-state index in [4.69, 9.17) is 0 Å². The number of benzene rings is 1. The summed E-state index contributed by atoms with van der Waals surface area (Å²) < 4.78 is 22.9. The Balaban J connectivity index is 1.82. The summed E-state index contributed by atoms with van der Waals surface area (Å²) in [5.41, 5.74) is 2.75. The first-order valence-corrected chi connectivity index (χ1v) is 9.44. The third-order valence-corrected chi connectivity index (χ3v) is 5.17. The molecule has 3 rings (SSSR count). The Morgan fingerprint density at radius 3 is 2.50 bits per heavy atom. The number of hydrogen-bond acceptors (Lipinski definition) is 5. The molecule has 112 valence electrons. The van der Waals surface area contributed by atoms with Gasteiger partial charge in [-0.2, -0.15) is 0 Å². The van der Waals surface area contributed by atoms with Crippen molar-refractivity contribution < 1.29 is 8.42 Å². The molecular weight excluding hydrogens is 316 g/mol. The Labute approximate surface area is 133 Å². The lowest BCUT2D eigenvalue weighted by atomic mass is 10.2. The van der Waals surface area contributed by atoms with Crippen molar-refractivity contribution in [1.82, 2.24) is 9.97 Å². The first kappa shape index (κ1) is 14.9. The van der Waals surface area contributed by atoms with Crippen molar-refractivity contribution >= 4 is 21.2 Å².